The van der Waals surface area contributed by atoms with Crippen molar-refractivity contribution in [1.29, 1.82) is 0 Å². The summed E-state index contributed by atoms with van der Waals surface area (Å²) in [5, 5.41) is 0. The molecule has 0 bridgehead atoms. The molecule has 0 aliphatic heterocycles. The maximum absolute atomic E-state index is 2.37. The van der Waals surface area contributed by atoms with Gasteiger partial charge in [-0.15, -0.1) is 0 Å². The first-order valence-corrected chi connectivity index (χ1v) is 5.76. The van der Waals surface area contributed by atoms with Crippen molar-refractivity contribution in [2.45, 2.75) is 48.0 Å². The van der Waals surface area contributed by atoms with Gasteiger partial charge in [-0.05, 0) is 38.4 Å². The Labute approximate surface area is 85.5 Å². The molecule has 82 valence electrons. The van der Waals surface area contributed by atoms with Gasteiger partial charge in [0.1, 0.15) is 0 Å². The Bertz CT molecular complexity index is 89.1. The number of hydrogen-bond acceptors (Lipinski definition) is 1. The van der Waals surface area contributed by atoms with Gasteiger partial charge in [-0.1, -0.05) is 41.5 Å². The third-order valence-corrected chi connectivity index (χ3v) is 2.64. The second-order valence-electron chi connectivity index (χ2n) is 3.91. The summed E-state index contributed by atoms with van der Waals surface area (Å²) in [6, 6.07) is 0. The first kappa shape index (κ1) is 15.4. The van der Waals surface area contributed by atoms with Crippen molar-refractivity contribution in [2.75, 3.05) is 20.1 Å². The van der Waals surface area contributed by atoms with Crippen LogP contribution in [0.15, 0.2) is 0 Å². The minimum absolute atomic E-state index is 0.834. The van der Waals surface area contributed by atoms with Crippen LogP contribution in [-0.2, 0) is 0 Å². The highest BCUT2D eigenvalue weighted by Crippen LogP contribution is 2.13. The van der Waals surface area contributed by atoms with Crippen molar-refractivity contribution in [3.05, 3.63) is 0 Å². The van der Waals surface area contributed by atoms with Crippen LogP contribution >= 0.6 is 0 Å². The van der Waals surface area contributed by atoms with Crippen molar-refractivity contribution in [3.8, 4) is 0 Å². The average molecular weight is 187 g/mol. The molecule has 0 radical (unpaired) electrons. The van der Waals surface area contributed by atoms with Crippen LogP contribution in [0.4, 0.5) is 0 Å². The van der Waals surface area contributed by atoms with Crippen molar-refractivity contribution in [3.63, 3.8) is 0 Å². The van der Waals surface area contributed by atoms with Crippen LogP contribution in [0.3, 0.4) is 0 Å². The molecule has 0 aliphatic carbocycles. The van der Waals surface area contributed by atoms with Gasteiger partial charge in [-0.25, -0.2) is 0 Å². The molecule has 0 aromatic heterocycles. The van der Waals surface area contributed by atoms with E-state index in [-0.39, 0.29) is 0 Å². The largest absolute Gasteiger partial charge is 0.307 e. The van der Waals surface area contributed by atoms with Crippen molar-refractivity contribution in [1.82, 2.24) is 4.90 Å². The lowest BCUT2D eigenvalue weighted by Gasteiger charge is -2.19. The Kier molecular flexibility index (Phi) is 11.9. The summed E-state index contributed by atoms with van der Waals surface area (Å²) < 4.78 is 0. The van der Waals surface area contributed by atoms with E-state index < -0.39 is 0 Å². The zero-order valence-electron chi connectivity index (χ0n) is 10.7. The monoisotopic (exact) mass is 187 g/mol. The fraction of sp³-hybridized carbons (Fsp3) is 1.00. The van der Waals surface area contributed by atoms with E-state index in [0.29, 0.717) is 0 Å². The second kappa shape index (κ2) is 10.0. The lowest BCUT2D eigenvalue weighted by Crippen LogP contribution is -2.21. The highest BCUT2D eigenvalue weighted by Gasteiger charge is 2.06. The summed E-state index contributed by atoms with van der Waals surface area (Å²) in [5.41, 5.74) is 0. The number of rotatable bonds is 5. The lowest BCUT2D eigenvalue weighted by atomic mass is 9.95. The van der Waals surface area contributed by atoms with E-state index >= 15 is 0 Å². The van der Waals surface area contributed by atoms with Crippen molar-refractivity contribution in [2.24, 2.45) is 11.8 Å². The molecule has 0 aromatic carbocycles. The highest BCUT2D eigenvalue weighted by atomic mass is 15.1. The highest BCUT2D eigenvalue weighted by molar-refractivity contribution is 4.59. The maximum Gasteiger partial charge on any atom is -0.00193 e. The third-order valence-electron chi connectivity index (χ3n) is 2.64. The van der Waals surface area contributed by atoms with Crippen molar-refractivity contribution < 1.29 is 0 Å². The number of hydrogen-bond donors (Lipinski definition) is 0. The maximum atomic E-state index is 2.37. The Morgan fingerprint density at radius 3 is 1.85 bits per heavy atom. The van der Waals surface area contributed by atoms with Crippen LogP contribution in [-0.4, -0.2) is 25.0 Å². The van der Waals surface area contributed by atoms with Gasteiger partial charge < -0.3 is 4.90 Å². The standard InChI is InChI=1S/C10H23N.C2H6/c1-6-11(5)8-7-10(4)9(2)3;1-2/h9-10H,6-8H2,1-5H3;1-2H3. The predicted octanol–water partition coefficient (Wildman–Crippen LogP) is 3.65. The summed E-state index contributed by atoms with van der Waals surface area (Å²) in [6.45, 7) is 15.6. The Hall–Kier alpha value is -0.0400. The SMILES string of the molecule is CC.CCN(C)CCC(C)C(C)C. The first-order chi connectivity index (χ1) is 6.07. The lowest BCUT2D eigenvalue weighted by molar-refractivity contribution is 0.290. The van der Waals surface area contributed by atoms with Crippen LogP contribution < -0.4 is 0 Å². The fourth-order valence-electron chi connectivity index (χ4n) is 0.915. The second-order valence-corrected chi connectivity index (χ2v) is 3.91. The predicted molar refractivity (Wildman–Crippen MR) is 63.1 cm³/mol. The van der Waals surface area contributed by atoms with Crippen LogP contribution in [0.5, 0.6) is 0 Å². The van der Waals surface area contributed by atoms with Crippen molar-refractivity contribution >= 4 is 0 Å². The molecule has 1 unspecified atom stereocenters. The quantitative estimate of drug-likeness (QED) is 0.635. The van der Waals surface area contributed by atoms with Crippen LogP contribution in [0, 0.1) is 11.8 Å². The normalized spacial score (nSPS) is 12.7. The molecule has 0 saturated carbocycles. The molecule has 0 aliphatic rings. The topological polar surface area (TPSA) is 3.24 Å². The summed E-state index contributed by atoms with van der Waals surface area (Å²) in [7, 11) is 2.19. The molecular weight excluding hydrogens is 158 g/mol. The molecule has 0 N–H and O–H groups in total. The summed E-state index contributed by atoms with van der Waals surface area (Å²) >= 11 is 0. The van der Waals surface area contributed by atoms with Gasteiger partial charge in [0.25, 0.3) is 0 Å². The Morgan fingerprint density at radius 2 is 1.54 bits per heavy atom. The molecule has 0 aromatic rings. The van der Waals surface area contributed by atoms with E-state index in [1.54, 1.807) is 0 Å². The third kappa shape index (κ3) is 9.88. The molecule has 1 nitrogen and oxygen atoms in total. The smallest absolute Gasteiger partial charge is 0.00193 e. The molecule has 0 amide bonds. The van der Waals surface area contributed by atoms with E-state index in [0.717, 1.165) is 11.8 Å². The van der Waals surface area contributed by atoms with Crippen LogP contribution in [0.25, 0.3) is 0 Å². The molecule has 1 heteroatoms. The van der Waals surface area contributed by atoms with Gasteiger partial charge in [-0.2, -0.15) is 0 Å². The molecule has 0 saturated heterocycles. The van der Waals surface area contributed by atoms with E-state index in [9.17, 15) is 0 Å². The minimum Gasteiger partial charge on any atom is -0.307 e. The molecule has 0 fully saturated rings. The molecule has 0 rings (SSSR count). The van der Waals surface area contributed by atoms with Gasteiger partial charge in [-0.3, -0.25) is 0 Å². The fourth-order valence-corrected chi connectivity index (χ4v) is 0.915. The average Bonchev–Trinajstić information content (AvgIpc) is 2.16. The van der Waals surface area contributed by atoms with Gasteiger partial charge >= 0.3 is 0 Å². The van der Waals surface area contributed by atoms with Crippen LogP contribution in [0.2, 0.25) is 0 Å². The zero-order chi connectivity index (χ0) is 10.9. The van der Waals surface area contributed by atoms with Gasteiger partial charge in [0, 0.05) is 0 Å². The van der Waals surface area contributed by atoms with E-state index in [4.69, 9.17) is 0 Å². The van der Waals surface area contributed by atoms with E-state index in [2.05, 4.69) is 39.6 Å². The Balaban J connectivity index is 0. The van der Waals surface area contributed by atoms with Gasteiger partial charge in [0.05, 0.1) is 0 Å². The molecule has 1 atom stereocenters. The van der Waals surface area contributed by atoms with E-state index in [1.165, 1.54) is 19.5 Å². The van der Waals surface area contributed by atoms with Crippen LogP contribution in [0.1, 0.15) is 48.0 Å². The molecule has 13 heavy (non-hydrogen) atoms. The summed E-state index contributed by atoms with van der Waals surface area (Å²) in [6.07, 6.45) is 1.34. The number of nitrogens with zero attached hydrogens (tertiary/aromatic N) is 1. The Morgan fingerprint density at radius 1 is 1.08 bits per heavy atom. The van der Waals surface area contributed by atoms with Gasteiger partial charge in [0.15, 0.2) is 0 Å². The summed E-state index contributed by atoms with van der Waals surface area (Å²) in [5.74, 6) is 1.70. The summed E-state index contributed by atoms with van der Waals surface area (Å²) in [4.78, 5) is 2.37. The molecule has 0 spiro atoms. The first-order valence-electron chi connectivity index (χ1n) is 5.76. The minimum atomic E-state index is 0.834. The molecule has 0 heterocycles. The van der Waals surface area contributed by atoms with E-state index in [1.807, 2.05) is 13.8 Å². The zero-order valence-corrected chi connectivity index (χ0v) is 10.7. The van der Waals surface area contributed by atoms with Gasteiger partial charge in [0.2, 0.25) is 0 Å². The molecular formula is C12H29N.